The first-order chi connectivity index (χ1) is 12.3. The predicted octanol–water partition coefficient (Wildman–Crippen LogP) is 1.74. The van der Waals surface area contributed by atoms with E-state index >= 15 is 0 Å². The average Bonchev–Trinajstić information content (AvgIpc) is 2.94. The van der Waals surface area contributed by atoms with Gasteiger partial charge in [0.1, 0.15) is 11.3 Å². The number of benzene rings is 1. The Labute approximate surface area is 148 Å². The number of anilines is 1. The molecule has 0 saturated carbocycles. The van der Waals surface area contributed by atoms with Crippen LogP contribution in [0.3, 0.4) is 0 Å². The van der Waals surface area contributed by atoms with Gasteiger partial charge in [-0.1, -0.05) is 6.07 Å². The summed E-state index contributed by atoms with van der Waals surface area (Å²) in [5, 5.41) is 6.50. The van der Waals surface area contributed by atoms with Gasteiger partial charge < -0.3 is 19.7 Å². The van der Waals surface area contributed by atoms with Crippen LogP contribution < -0.4 is 14.8 Å². The van der Waals surface area contributed by atoms with Gasteiger partial charge in [0.05, 0.1) is 13.7 Å². The second kappa shape index (κ2) is 8.28. The number of hydrogen-bond acceptors (Lipinski definition) is 5. The summed E-state index contributed by atoms with van der Waals surface area (Å²) in [6.07, 6.45) is 1.49. The van der Waals surface area contributed by atoms with Crippen molar-refractivity contribution in [2.24, 2.45) is 7.05 Å². The van der Waals surface area contributed by atoms with Crippen molar-refractivity contribution in [1.29, 1.82) is 0 Å². The molecule has 2 aromatic rings. The minimum atomic E-state index is -2.96. The summed E-state index contributed by atoms with van der Waals surface area (Å²) in [4.78, 5) is 25.7. The van der Waals surface area contributed by atoms with Crippen LogP contribution in [0.5, 0.6) is 11.6 Å². The fraction of sp³-hybridized carbons (Fsp3) is 0.312. The standard InChI is InChI=1S/C16H18F2N4O4/c1-21(15(24)12-8-22(2)20-14(12)25-3)9-13(23)19-10-5-4-6-11(7-10)26-16(17)18/h4-8,16H,9H2,1-3H3,(H,19,23). The number of nitrogens with zero attached hydrogens (tertiary/aromatic N) is 3. The summed E-state index contributed by atoms with van der Waals surface area (Å²) >= 11 is 0. The van der Waals surface area contributed by atoms with Crippen LogP contribution in [-0.4, -0.2) is 53.8 Å². The van der Waals surface area contributed by atoms with Crippen molar-refractivity contribution in [3.05, 3.63) is 36.0 Å². The van der Waals surface area contributed by atoms with E-state index in [4.69, 9.17) is 4.74 Å². The number of carbonyl (C=O) groups excluding carboxylic acids is 2. The lowest BCUT2D eigenvalue weighted by Crippen LogP contribution is -2.35. The summed E-state index contributed by atoms with van der Waals surface area (Å²) < 4.78 is 35.2. The minimum Gasteiger partial charge on any atom is -0.479 e. The highest BCUT2D eigenvalue weighted by molar-refractivity contribution is 6.00. The molecule has 8 nitrogen and oxygen atoms in total. The van der Waals surface area contributed by atoms with E-state index in [0.717, 1.165) is 0 Å². The van der Waals surface area contributed by atoms with Gasteiger partial charge in [-0.2, -0.15) is 8.78 Å². The highest BCUT2D eigenvalue weighted by atomic mass is 19.3. The molecule has 0 spiro atoms. The molecule has 0 aliphatic heterocycles. The highest BCUT2D eigenvalue weighted by Crippen LogP contribution is 2.20. The van der Waals surface area contributed by atoms with Crippen LogP contribution in [0.25, 0.3) is 0 Å². The Kier molecular flexibility index (Phi) is 6.10. The Morgan fingerprint density at radius 1 is 1.38 bits per heavy atom. The molecular formula is C16H18F2N4O4. The van der Waals surface area contributed by atoms with Gasteiger partial charge in [0.2, 0.25) is 11.8 Å². The van der Waals surface area contributed by atoms with Gasteiger partial charge in [0, 0.05) is 32.0 Å². The quantitative estimate of drug-likeness (QED) is 0.805. The molecule has 0 saturated heterocycles. The van der Waals surface area contributed by atoms with Crippen LogP contribution in [-0.2, 0) is 11.8 Å². The molecule has 0 bridgehead atoms. The lowest BCUT2D eigenvalue weighted by atomic mass is 10.3. The molecule has 0 fully saturated rings. The van der Waals surface area contributed by atoms with Crippen molar-refractivity contribution < 1.29 is 27.8 Å². The summed E-state index contributed by atoms with van der Waals surface area (Å²) in [7, 11) is 4.48. The maximum absolute atomic E-state index is 12.4. The van der Waals surface area contributed by atoms with Gasteiger partial charge in [-0.3, -0.25) is 14.3 Å². The van der Waals surface area contributed by atoms with Gasteiger partial charge >= 0.3 is 6.61 Å². The molecule has 2 amide bonds. The SMILES string of the molecule is COc1nn(C)cc1C(=O)N(C)CC(=O)Nc1cccc(OC(F)F)c1. The molecule has 0 radical (unpaired) electrons. The lowest BCUT2D eigenvalue weighted by molar-refractivity contribution is -0.116. The molecule has 0 unspecified atom stereocenters. The van der Waals surface area contributed by atoms with E-state index in [0.29, 0.717) is 0 Å². The minimum absolute atomic E-state index is 0.0812. The number of hydrogen-bond donors (Lipinski definition) is 1. The first kappa shape index (κ1) is 19.2. The summed E-state index contributed by atoms with van der Waals surface area (Å²) in [5.41, 5.74) is 0.491. The van der Waals surface area contributed by atoms with Gasteiger partial charge in [0.15, 0.2) is 0 Å². The van der Waals surface area contributed by atoms with E-state index < -0.39 is 18.4 Å². The molecule has 1 aromatic carbocycles. The molecule has 1 aromatic heterocycles. The smallest absolute Gasteiger partial charge is 0.387 e. The molecule has 10 heteroatoms. The van der Waals surface area contributed by atoms with Crippen molar-refractivity contribution in [3.8, 4) is 11.6 Å². The number of halogens is 2. The van der Waals surface area contributed by atoms with Gasteiger partial charge in [-0.15, -0.1) is 5.10 Å². The molecule has 0 aliphatic rings. The van der Waals surface area contributed by atoms with Crippen LogP contribution in [0.15, 0.2) is 30.5 Å². The Morgan fingerprint density at radius 2 is 2.12 bits per heavy atom. The Bertz CT molecular complexity index is 794. The number of nitrogens with one attached hydrogen (secondary N) is 1. The van der Waals surface area contributed by atoms with Crippen molar-refractivity contribution in [3.63, 3.8) is 0 Å². The molecule has 140 valence electrons. The third-order valence-corrected chi connectivity index (χ3v) is 3.29. The monoisotopic (exact) mass is 368 g/mol. The fourth-order valence-electron chi connectivity index (χ4n) is 2.21. The summed E-state index contributed by atoms with van der Waals surface area (Å²) in [6, 6.07) is 5.58. The third-order valence-electron chi connectivity index (χ3n) is 3.29. The first-order valence-corrected chi connectivity index (χ1v) is 7.48. The third kappa shape index (κ3) is 4.91. The van der Waals surface area contributed by atoms with E-state index in [1.807, 2.05) is 0 Å². The van der Waals surface area contributed by atoms with E-state index in [2.05, 4.69) is 15.2 Å². The van der Waals surface area contributed by atoms with Gasteiger partial charge in [-0.25, -0.2) is 0 Å². The second-order valence-electron chi connectivity index (χ2n) is 5.34. The van der Waals surface area contributed by atoms with E-state index in [1.54, 1.807) is 7.05 Å². The van der Waals surface area contributed by atoms with E-state index in [9.17, 15) is 18.4 Å². The van der Waals surface area contributed by atoms with Crippen molar-refractivity contribution >= 4 is 17.5 Å². The fourth-order valence-corrected chi connectivity index (χ4v) is 2.21. The van der Waals surface area contributed by atoms with Crippen LogP contribution in [0.4, 0.5) is 14.5 Å². The summed E-state index contributed by atoms with van der Waals surface area (Å²) in [6.45, 7) is -3.21. The number of aromatic nitrogens is 2. The van der Waals surface area contributed by atoms with Crippen molar-refractivity contribution in [2.45, 2.75) is 6.61 Å². The van der Waals surface area contributed by atoms with E-state index in [-0.39, 0.29) is 29.4 Å². The number of likely N-dealkylation sites (N-methyl/N-ethyl adjacent to an activating group) is 1. The number of methoxy groups -OCH3 is 1. The zero-order chi connectivity index (χ0) is 19.3. The van der Waals surface area contributed by atoms with E-state index in [1.165, 1.54) is 54.2 Å². The van der Waals surface area contributed by atoms with Crippen molar-refractivity contribution in [2.75, 3.05) is 26.0 Å². The normalized spacial score (nSPS) is 10.5. The van der Waals surface area contributed by atoms with Crippen LogP contribution in [0, 0.1) is 0 Å². The largest absolute Gasteiger partial charge is 0.479 e. The number of alkyl halides is 2. The molecule has 1 N–H and O–H groups in total. The number of rotatable bonds is 7. The zero-order valence-electron chi connectivity index (χ0n) is 14.4. The predicted molar refractivity (Wildman–Crippen MR) is 88.4 cm³/mol. The second-order valence-corrected chi connectivity index (χ2v) is 5.34. The topological polar surface area (TPSA) is 85.7 Å². The Morgan fingerprint density at radius 3 is 2.77 bits per heavy atom. The van der Waals surface area contributed by atoms with Gasteiger partial charge in [0.25, 0.3) is 5.91 Å². The highest BCUT2D eigenvalue weighted by Gasteiger charge is 2.21. The van der Waals surface area contributed by atoms with Gasteiger partial charge in [-0.05, 0) is 12.1 Å². The first-order valence-electron chi connectivity index (χ1n) is 7.48. The zero-order valence-corrected chi connectivity index (χ0v) is 14.4. The molecule has 26 heavy (non-hydrogen) atoms. The Hall–Kier alpha value is -3.17. The number of aryl methyl sites for hydroxylation is 1. The molecular weight excluding hydrogens is 350 g/mol. The molecule has 1 heterocycles. The molecule has 0 aliphatic carbocycles. The number of carbonyl (C=O) groups is 2. The average molecular weight is 368 g/mol. The lowest BCUT2D eigenvalue weighted by Gasteiger charge is -2.16. The maximum atomic E-state index is 12.4. The number of amides is 2. The Balaban J connectivity index is 1.99. The maximum Gasteiger partial charge on any atom is 0.387 e. The van der Waals surface area contributed by atoms with Crippen LogP contribution in [0.2, 0.25) is 0 Å². The number of ether oxygens (including phenoxy) is 2. The van der Waals surface area contributed by atoms with Crippen LogP contribution >= 0.6 is 0 Å². The van der Waals surface area contributed by atoms with Crippen molar-refractivity contribution in [1.82, 2.24) is 14.7 Å². The summed E-state index contributed by atoms with van der Waals surface area (Å²) in [5.74, 6) is -0.873. The molecule has 2 rings (SSSR count). The van der Waals surface area contributed by atoms with Crippen LogP contribution in [0.1, 0.15) is 10.4 Å². The molecule has 0 atom stereocenters.